The van der Waals surface area contributed by atoms with Gasteiger partial charge in [-0.2, -0.15) is 16.1 Å². The van der Waals surface area contributed by atoms with Gasteiger partial charge in [-0.05, 0) is 39.2 Å². The van der Waals surface area contributed by atoms with Crippen LogP contribution < -0.4 is 5.73 Å². The Balaban J connectivity index is 2.04. The molecule has 1 fully saturated rings. The Labute approximate surface area is 154 Å². The fourth-order valence-corrected chi connectivity index (χ4v) is 4.41. The second-order valence-electron chi connectivity index (χ2n) is 6.83. The highest BCUT2D eigenvalue weighted by molar-refractivity contribution is 8.00. The number of nitrogens with zero attached hydrogens (tertiary/aromatic N) is 2. The van der Waals surface area contributed by atoms with Crippen molar-refractivity contribution in [1.29, 1.82) is 0 Å². The smallest absolute Gasteiger partial charge is 0.243 e. The van der Waals surface area contributed by atoms with Crippen LogP contribution in [0.2, 0.25) is 0 Å². The Morgan fingerprint density at radius 3 is 2.16 bits per heavy atom. The topological polar surface area (TPSA) is 83.7 Å². The summed E-state index contributed by atoms with van der Waals surface area (Å²) in [6.07, 6.45) is 1.93. The Morgan fingerprint density at radius 2 is 1.68 bits per heavy atom. The molecule has 8 heteroatoms. The van der Waals surface area contributed by atoms with Gasteiger partial charge < -0.3 is 10.6 Å². The van der Waals surface area contributed by atoms with Crippen molar-refractivity contribution >= 4 is 27.7 Å². The van der Waals surface area contributed by atoms with Gasteiger partial charge in [0, 0.05) is 30.9 Å². The Kier molecular flexibility index (Phi) is 6.19. The molecular weight excluding hydrogens is 358 g/mol. The number of nitrogens with two attached hydrogens (primary N) is 1. The number of carbonyl (C=O) groups excluding carboxylic acids is 1. The molecule has 0 saturated carbocycles. The van der Waals surface area contributed by atoms with Gasteiger partial charge >= 0.3 is 0 Å². The molecule has 0 bridgehead atoms. The zero-order chi connectivity index (χ0) is 18.8. The number of piperazine rings is 1. The van der Waals surface area contributed by atoms with E-state index in [2.05, 4.69) is 0 Å². The summed E-state index contributed by atoms with van der Waals surface area (Å²) in [7, 11) is -3.52. The highest BCUT2D eigenvalue weighted by atomic mass is 32.2. The van der Waals surface area contributed by atoms with E-state index in [9.17, 15) is 13.2 Å². The van der Waals surface area contributed by atoms with E-state index in [1.165, 1.54) is 4.31 Å². The summed E-state index contributed by atoms with van der Waals surface area (Å²) in [6, 6.07) is 6.22. The van der Waals surface area contributed by atoms with Gasteiger partial charge in [-0.25, -0.2) is 8.42 Å². The van der Waals surface area contributed by atoms with Crippen molar-refractivity contribution in [1.82, 2.24) is 9.21 Å². The summed E-state index contributed by atoms with van der Waals surface area (Å²) in [6.45, 7) is 7.10. The van der Waals surface area contributed by atoms with Gasteiger partial charge in [0.2, 0.25) is 15.9 Å². The summed E-state index contributed by atoms with van der Waals surface area (Å²) < 4.78 is 26.5. The zero-order valence-electron chi connectivity index (χ0n) is 15.2. The lowest BCUT2D eigenvalue weighted by molar-refractivity contribution is -0.134. The molecule has 1 atom stereocenters. The van der Waals surface area contributed by atoms with Crippen LogP contribution in [0.5, 0.6) is 0 Å². The molecular formula is C17H27N3O3S2. The molecule has 1 amide bonds. The number of amides is 1. The second-order valence-corrected chi connectivity index (χ2v) is 10.2. The summed E-state index contributed by atoms with van der Waals surface area (Å²) >= 11 is 1.55. The zero-order valence-corrected chi connectivity index (χ0v) is 16.9. The van der Waals surface area contributed by atoms with E-state index in [1.807, 2.05) is 27.0 Å². The molecule has 140 valence electrons. The van der Waals surface area contributed by atoms with Crippen LogP contribution in [-0.2, 0) is 14.8 Å². The average molecular weight is 386 g/mol. The summed E-state index contributed by atoms with van der Waals surface area (Å²) in [5.74, 6) is -0.119. The van der Waals surface area contributed by atoms with Crippen LogP contribution in [0, 0.1) is 6.92 Å². The minimum Gasteiger partial charge on any atom is -0.339 e. The van der Waals surface area contributed by atoms with Crippen molar-refractivity contribution in [3.63, 3.8) is 0 Å². The Morgan fingerprint density at radius 1 is 1.16 bits per heavy atom. The third-order valence-electron chi connectivity index (χ3n) is 4.75. The number of sulfonamides is 1. The molecule has 0 aliphatic carbocycles. The van der Waals surface area contributed by atoms with Gasteiger partial charge in [-0.15, -0.1) is 0 Å². The van der Waals surface area contributed by atoms with Crippen molar-refractivity contribution < 1.29 is 13.2 Å². The molecule has 1 aliphatic heterocycles. The summed E-state index contributed by atoms with van der Waals surface area (Å²) in [5.41, 5.74) is 7.13. The maximum Gasteiger partial charge on any atom is 0.243 e. The first kappa shape index (κ1) is 20.2. The van der Waals surface area contributed by atoms with Crippen LogP contribution in [-0.4, -0.2) is 66.8 Å². The summed E-state index contributed by atoms with van der Waals surface area (Å²) in [4.78, 5) is 14.5. The lowest BCUT2D eigenvalue weighted by atomic mass is 10.0. The van der Waals surface area contributed by atoms with Crippen molar-refractivity contribution in [3.05, 3.63) is 29.8 Å². The van der Waals surface area contributed by atoms with Crippen LogP contribution in [0.1, 0.15) is 19.4 Å². The minimum atomic E-state index is -3.52. The SMILES string of the molecule is CSC(C)(C)[C@H](N)C(=O)N1CCN(S(=O)(=O)c2ccc(C)cc2)CC1. The maximum absolute atomic E-state index is 12.7. The van der Waals surface area contributed by atoms with Gasteiger partial charge in [-0.3, -0.25) is 4.79 Å². The molecule has 0 unspecified atom stereocenters. The van der Waals surface area contributed by atoms with Gasteiger partial charge in [0.25, 0.3) is 0 Å². The van der Waals surface area contributed by atoms with E-state index in [1.54, 1.807) is 40.9 Å². The molecule has 2 rings (SSSR count). The van der Waals surface area contributed by atoms with Crippen molar-refractivity contribution in [2.45, 2.75) is 36.5 Å². The lowest BCUT2D eigenvalue weighted by Crippen LogP contribution is -2.58. The van der Waals surface area contributed by atoms with Crippen molar-refractivity contribution in [2.75, 3.05) is 32.4 Å². The van der Waals surface area contributed by atoms with Gasteiger partial charge in [0.15, 0.2) is 0 Å². The number of benzene rings is 1. The normalized spacial score (nSPS) is 18.2. The van der Waals surface area contributed by atoms with E-state index in [4.69, 9.17) is 5.73 Å². The van der Waals surface area contributed by atoms with E-state index < -0.39 is 16.1 Å². The number of aryl methyl sites for hydroxylation is 1. The second kappa shape index (κ2) is 7.65. The third-order valence-corrected chi connectivity index (χ3v) is 7.97. The lowest BCUT2D eigenvalue weighted by Gasteiger charge is -2.38. The molecule has 1 aliphatic rings. The number of thioether (sulfide) groups is 1. The molecule has 6 nitrogen and oxygen atoms in total. The standard InChI is InChI=1S/C17H27N3O3S2/c1-13-5-7-14(8-6-13)25(22,23)20-11-9-19(10-12-20)16(21)15(18)17(2,3)24-4/h5-8,15H,9-12,18H2,1-4H3/t15-/m1/s1. The first-order valence-electron chi connectivity index (χ1n) is 8.26. The minimum absolute atomic E-state index is 0.119. The van der Waals surface area contributed by atoms with E-state index in [-0.39, 0.29) is 28.6 Å². The fourth-order valence-electron chi connectivity index (χ4n) is 2.63. The predicted molar refractivity (Wildman–Crippen MR) is 102 cm³/mol. The van der Waals surface area contributed by atoms with Gasteiger partial charge in [0.1, 0.15) is 0 Å². The fraction of sp³-hybridized carbons (Fsp3) is 0.588. The van der Waals surface area contributed by atoms with Crippen LogP contribution in [0.15, 0.2) is 29.2 Å². The molecule has 25 heavy (non-hydrogen) atoms. The number of rotatable bonds is 5. The van der Waals surface area contributed by atoms with Gasteiger partial charge in [-0.1, -0.05) is 17.7 Å². The number of hydrogen-bond acceptors (Lipinski definition) is 5. The molecule has 1 saturated heterocycles. The molecule has 1 aromatic rings. The van der Waals surface area contributed by atoms with Crippen LogP contribution in [0.25, 0.3) is 0 Å². The third kappa shape index (κ3) is 4.36. The average Bonchev–Trinajstić information content (AvgIpc) is 2.61. The molecule has 1 aromatic carbocycles. The highest BCUT2D eigenvalue weighted by Crippen LogP contribution is 2.26. The molecule has 0 radical (unpaired) electrons. The molecule has 0 aromatic heterocycles. The van der Waals surface area contributed by atoms with E-state index in [0.717, 1.165) is 5.56 Å². The quantitative estimate of drug-likeness (QED) is 0.826. The maximum atomic E-state index is 12.7. The first-order valence-corrected chi connectivity index (χ1v) is 10.9. The van der Waals surface area contributed by atoms with Crippen LogP contribution >= 0.6 is 11.8 Å². The monoisotopic (exact) mass is 385 g/mol. The van der Waals surface area contributed by atoms with E-state index in [0.29, 0.717) is 13.1 Å². The Hall–Kier alpha value is -1.09. The largest absolute Gasteiger partial charge is 0.339 e. The van der Waals surface area contributed by atoms with E-state index >= 15 is 0 Å². The van der Waals surface area contributed by atoms with Crippen LogP contribution in [0.3, 0.4) is 0 Å². The highest BCUT2D eigenvalue weighted by Gasteiger charge is 2.37. The Bertz CT molecular complexity index is 709. The van der Waals surface area contributed by atoms with Crippen LogP contribution in [0.4, 0.5) is 0 Å². The molecule has 2 N–H and O–H groups in total. The van der Waals surface area contributed by atoms with Crippen molar-refractivity contribution in [3.8, 4) is 0 Å². The molecule has 0 spiro atoms. The summed E-state index contributed by atoms with van der Waals surface area (Å²) in [5, 5.41) is 0. The van der Waals surface area contributed by atoms with Gasteiger partial charge in [0.05, 0.1) is 10.9 Å². The number of hydrogen-bond donors (Lipinski definition) is 1. The number of carbonyl (C=O) groups is 1. The van der Waals surface area contributed by atoms with Crippen molar-refractivity contribution in [2.24, 2.45) is 5.73 Å². The first-order chi connectivity index (χ1) is 11.6. The molecule has 1 heterocycles. The predicted octanol–water partition coefficient (Wildman–Crippen LogP) is 1.30.